The molecular formula is C10H8F3N3OS. The third-order valence-corrected chi connectivity index (χ3v) is 2.81. The quantitative estimate of drug-likeness (QED) is 0.935. The zero-order valence-corrected chi connectivity index (χ0v) is 9.76. The van der Waals surface area contributed by atoms with Crippen molar-refractivity contribution in [3.63, 3.8) is 0 Å². The Labute approximate surface area is 104 Å². The summed E-state index contributed by atoms with van der Waals surface area (Å²) in [6.45, 7) is 0.212. The van der Waals surface area contributed by atoms with Crippen LogP contribution in [0.2, 0.25) is 0 Å². The average molecular weight is 275 g/mol. The van der Waals surface area contributed by atoms with Crippen LogP contribution < -0.4 is 10.5 Å². The summed E-state index contributed by atoms with van der Waals surface area (Å²) in [5.41, 5.74) is 4.57. The van der Waals surface area contributed by atoms with Crippen LogP contribution in [0.15, 0.2) is 24.3 Å². The molecule has 0 atom stereocenters. The molecule has 0 unspecified atom stereocenters. The summed E-state index contributed by atoms with van der Waals surface area (Å²) in [5.74, 6) is 0.0598. The third-order valence-electron chi connectivity index (χ3n) is 1.99. The molecule has 0 bridgehead atoms. The summed E-state index contributed by atoms with van der Waals surface area (Å²) < 4.78 is 42.6. The van der Waals surface area contributed by atoms with Crippen LogP contribution >= 0.6 is 11.3 Å². The highest BCUT2D eigenvalue weighted by Gasteiger charge is 2.30. The van der Waals surface area contributed by atoms with Crippen molar-refractivity contribution in [1.82, 2.24) is 10.2 Å². The molecule has 1 aromatic heterocycles. The van der Waals surface area contributed by atoms with E-state index in [1.54, 1.807) is 0 Å². The Balaban J connectivity index is 2.19. The molecule has 0 aliphatic rings. The van der Waals surface area contributed by atoms with Crippen LogP contribution in [-0.2, 0) is 12.7 Å². The molecule has 0 saturated heterocycles. The predicted octanol–water partition coefficient (Wildman–Crippen LogP) is 2.81. The van der Waals surface area contributed by atoms with Gasteiger partial charge >= 0.3 is 6.18 Å². The molecule has 2 rings (SSSR count). The second kappa shape index (κ2) is 4.91. The van der Waals surface area contributed by atoms with Gasteiger partial charge in [-0.15, -0.1) is 5.10 Å². The van der Waals surface area contributed by atoms with Gasteiger partial charge in [-0.1, -0.05) is 22.5 Å². The Morgan fingerprint density at radius 3 is 2.67 bits per heavy atom. The Morgan fingerprint density at radius 1 is 1.28 bits per heavy atom. The third kappa shape index (κ3) is 2.96. The van der Waals surface area contributed by atoms with Crippen molar-refractivity contribution in [3.8, 4) is 10.9 Å². The van der Waals surface area contributed by atoms with Gasteiger partial charge in [0, 0.05) is 6.54 Å². The number of ether oxygens (including phenoxy) is 1. The van der Waals surface area contributed by atoms with E-state index < -0.39 is 11.7 Å². The fourth-order valence-electron chi connectivity index (χ4n) is 1.20. The zero-order valence-electron chi connectivity index (χ0n) is 8.94. The first-order valence-electron chi connectivity index (χ1n) is 4.86. The van der Waals surface area contributed by atoms with E-state index in [9.17, 15) is 13.2 Å². The van der Waals surface area contributed by atoms with Crippen molar-refractivity contribution >= 4 is 11.3 Å². The van der Waals surface area contributed by atoms with Gasteiger partial charge in [-0.05, 0) is 18.2 Å². The van der Waals surface area contributed by atoms with Gasteiger partial charge in [0.25, 0.3) is 5.19 Å². The van der Waals surface area contributed by atoms with Crippen molar-refractivity contribution < 1.29 is 17.9 Å². The number of benzene rings is 1. The van der Waals surface area contributed by atoms with Crippen LogP contribution in [0.3, 0.4) is 0 Å². The molecule has 0 amide bonds. The van der Waals surface area contributed by atoms with Gasteiger partial charge in [-0.3, -0.25) is 0 Å². The first kappa shape index (κ1) is 12.8. The smallest absolute Gasteiger partial charge is 0.416 e. The maximum absolute atomic E-state index is 12.5. The molecule has 96 valence electrons. The second-order valence-corrected chi connectivity index (χ2v) is 4.32. The van der Waals surface area contributed by atoms with Crippen LogP contribution in [0.4, 0.5) is 13.2 Å². The number of rotatable bonds is 3. The molecule has 0 aliphatic heterocycles. The minimum absolute atomic E-state index is 0.0598. The molecule has 4 nitrogen and oxygen atoms in total. The van der Waals surface area contributed by atoms with Crippen molar-refractivity contribution in [2.45, 2.75) is 12.7 Å². The van der Waals surface area contributed by atoms with Gasteiger partial charge in [-0.25, -0.2) is 0 Å². The van der Waals surface area contributed by atoms with Crippen molar-refractivity contribution in [2.24, 2.45) is 5.73 Å². The molecule has 0 aliphatic carbocycles. The molecule has 2 aromatic rings. The summed E-state index contributed by atoms with van der Waals surface area (Å²) in [5, 5.41) is 8.07. The molecule has 2 N–H and O–H groups in total. The number of hydrogen-bond acceptors (Lipinski definition) is 5. The number of alkyl halides is 3. The topological polar surface area (TPSA) is 61.0 Å². The Kier molecular flexibility index (Phi) is 3.48. The maximum Gasteiger partial charge on any atom is 0.416 e. The number of nitrogens with two attached hydrogens (primary N) is 1. The molecular weight excluding hydrogens is 267 g/mol. The van der Waals surface area contributed by atoms with Gasteiger partial charge in [0.2, 0.25) is 0 Å². The summed E-state index contributed by atoms with van der Waals surface area (Å²) >= 11 is 1.09. The lowest BCUT2D eigenvalue weighted by Crippen LogP contribution is -2.04. The van der Waals surface area contributed by atoms with E-state index >= 15 is 0 Å². The van der Waals surface area contributed by atoms with Gasteiger partial charge in [0.1, 0.15) is 10.8 Å². The predicted molar refractivity (Wildman–Crippen MR) is 59.3 cm³/mol. The monoisotopic (exact) mass is 275 g/mol. The van der Waals surface area contributed by atoms with Crippen molar-refractivity contribution in [3.05, 3.63) is 34.8 Å². The number of hydrogen-bond donors (Lipinski definition) is 1. The van der Waals surface area contributed by atoms with E-state index in [1.165, 1.54) is 12.1 Å². The standard InChI is InChI=1S/C10H8F3N3OS/c11-10(12,13)6-2-1-3-7(4-6)17-9-16-15-8(5-14)18-9/h1-4H,5,14H2. The van der Waals surface area contributed by atoms with Crippen LogP contribution in [0.1, 0.15) is 10.6 Å². The van der Waals surface area contributed by atoms with Gasteiger partial charge < -0.3 is 10.5 Å². The van der Waals surface area contributed by atoms with E-state index in [0.717, 1.165) is 23.5 Å². The highest BCUT2D eigenvalue weighted by Crippen LogP contribution is 2.33. The van der Waals surface area contributed by atoms with Crippen molar-refractivity contribution in [2.75, 3.05) is 0 Å². The molecule has 0 fully saturated rings. The minimum atomic E-state index is -4.40. The van der Waals surface area contributed by atoms with Crippen LogP contribution in [0.25, 0.3) is 0 Å². The van der Waals surface area contributed by atoms with Gasteiger partial charge in [0.05, 0.1) is 5.56 Å². The lowest BCUT2D eigenvalue weighted by molar-refractivity contribution is -0.137. The lowest BCUT2D eigenvalue weighted by Gasteiger charge is -2.07. The second-order valence-electron chi connectivity index (χ2n) is 3.29. The number of aromatic nitrogens is 2. The zero-order chi connectivity index (χ0) is 13.2. The van der Waals surface area contributed by atoms with E-state index in [2.05, 4.69) is 10.2 Å². The highest BCUT2D eigenvalue weighted by molar-refractivity contribution is 7.13. The fraction of sp³-hybridized carbons (Fsp3) is 0.200. The normalized spacial score (nSPS) is 11.6. The first-order valence-corrected chi connectivity index (χ1v) is 5.68. The van der Waals surface area contributed by atoms with Crippen molar-refractivity contribution in [1.29, 1.82) is 0 Å². The molecule has 1 aromatic carbocycles. The largest absolute Gasteiger partial charge is 0.430 e. The summed E-state index contributed by atoms with van der Waals surface area (Å²) in [4.78, 5) is 0. The number of halogens is 3. The Morgan fingerprint density at radius 2 is 2.06 bits per heavy atom. The summed E-state index contributed by atoms with van der Waals surface area (Å²) in [6.07, 6.45) is -4.40. The SMILES string of the molecule is NCc1nnc(Oc2cccc(C(F)(F)F)c2)s1. The average Bonchev–Trinajstić information content (AvgIpc) is 2.76. The molecule has 1 heterocycles. The van der Waals surface area contributed by atoms with E-state index in [4.69, 9.17) is 10.5 Å². The first-order chi connectivity index (χ1) is 8.49. The maximum atomic E-state index is 12.5. The van der Waals surface area contributed by atoms with Crippen LogP contribution in [0, 0.1) is 0 Å². The Bertz CT molecular complexity index is 541. The molecule has 0 radical (unpaired) electrons. The van der Waals surface area contributed by atoms with Gasteiger partial charge in [-0.2, -0.15) is 13.2 Å². The lowest BCUT2D eigenvalue weighted by atomic mass is 10.2. The van der Waals surface area contributed by atoms with Gasteiger partial charge in [0.15, 0.2) is 0 Å². The Hall–Kier alpha value is -1.67. The molecule has 0 spiro atoms. The van der Waals surface area contributed by atoms with Crippen LogP contribution in [0.5, 0.6) is 10.9 Å². The molecule has 0 saturated carbocycles. The fourth-order valence-corrected chi connectivity index (χ4v) is 1.78. The highest BCUT2D eigenvalue weighted by atomic mass is 32.1. The molecule has 18 heavy (non-hydrogen) atoms. The van der Waals surface area contributed by atoms with E-state index in [1.807, 2.05) is 0 Å². The minimum Gasteiger partial charge on any atom is -0.430 e. The number of nitrogens with zero attached hydrogens (tertiary/aromatic N) is 2. The summed E-state index contributed by atoms with van der Waals surface area (Å²) in [7, 11) is 0. The van der Waals surface area contributed by atoms with E-state index in [-0.39, 0.29) is 17.5 Å². The van der Waals surface area contributed by atoms with E-state index in [0.29, 0.717) is 5.01 Å². The summed E-state index contributed by atoms with van der Waals surface area (Å²) in [6, 6.07) is 4.56. The molecule has 8 heteroatoms. The van der Waals surface area contributed by atoms with Crippen LogP contribution in [-0.4, -0.2) is 10.2 Å².